The zero-order valence-electron chi connectivity index (χ0n) is 10.2. The van der Waals surface area contributed by atoms with Crippen LogP contribution in [-0.4, -0.2) is 27.0 Å². The van der Waals surface area contributed by atoms with Gasteiger partial charge < -0.3 is 4.57 Å². The van der Waals surface area contributed by atoms with Gasteiger partial charge in [0.2, 0.25) is 5.82 Å². The number of rotatable bonds is 1. The van der Waals surface area contributed by atoms with E-state index in [0.717, 1.165) is 0 Å². The van der Waals surface area contributed by atoms with E-state index in [1.807, 2.05) is 13.8 Å². The van der Waals surface area contributed by atoms with E-state index in [9.17, 15) is 13.2 Å². The second-order valence-electron chi connectivity index (χ2n) is 4.68. The molecule has 1 aliphatic heterocycles. The van der Waals surface area contributed by atoms with E-state index < -0.39 is 12.0 Å². The third-order valence-corrected chi connectivity index (χ3v) is 3.22. The Morgan fingerprint density at radius 3 is 2.41 bits per heavy atom. The number of hydrogen-bond acceptors (Lipinski definition) is 2. The van der Waals surface area contributed by atoms with Gasteiger partial charge in [-0.15, -0.1) is 0 Å². The number of halogens is 3. The molecule has 0 unspecified atom stereocenters. The molecule has 0 amide bonds. The van der Waals surface area contributed by atoms with Crippen molar-refractivity contribution in [3.63, 3.8) is 0 Å². The lowest BCUT2D eigenvalue weighted by Crippen LogP contribution is -2.39. The van der Waals surface area contributed by atoms with E-state index >= 15 is 0 Å². The van der Waals surface area contributed by atoms with Crippen LogP contribution in [0.25, 0.3) is 0 Å². The highest BCUT2D eigenvalue weighted by Gasteiger charge is 2.39. The molecule has 0 fully saturated rings. The van der Waals surface area contributed by atoms with Crippen molar-refractivity contribution in [3.8, 4) is 0 Å². The van der Waals surface area contributed by atoms with Gasteiger partial charge in [-0.3, -0.25) is 4.90 Å². The highest BCUT2D eigenvalue weighted by molar-refractivity contribution is 5.19. The molecular formula is C11H16F3N3. The Labute approximate surface area is 98.2 Å². The molecule has 0 saturated carbocycles. The predicted octanol–water partition coefficient (Wildman–Crippen LogP) is 2.43. The van der Waals surface area contributed by atoms with Gasteiger partial charge in [-0.1, -0.05) is 0 Å². The monoisotopic (exact) mass is 247 g/mol. The summed E-state index contributed by atoms with van der Waals surface area (Å²) in [5, 5.41) is 0. The first-order valence-electron chi connectivity index (χ1n) is 5.68. The highest BCUT2D eigenvalue weighted by atomic mass is 19.4. The standard InChI is InChI=1S/C11H16F3N3/c1-7(2)16-4-5-17-9(6-16)8(3)15-10(17)11(12,13)14/h7H,4-6H2,1-3H3. The summed E-state index contributed by atoms with van der Waals surface area (Å²) in [5.41, 5.74) is 1.18. The lowest BCUT2D eigenvalue weighted by atomic mass is 10.2. The molecule has 0 radical (unpaired) electrons. The van der Waals surface area contributed by atoms with Crippen molar-refractivity contribution in [2.45, 2.75) is 46.1 Å². The molecule has 1 aromatic heterocycles. The summed E-state index contributed by atoms with van der Waals surface area (Å²) in [5.74, 6) is -0.756. The Bertz CT molecular complexity index is 420. The van der Waals surface area contributed by atoms with E-state index in [0.29, 0.717) is 37.1 Å². The van der Waals surface area contributed by atoms with Crippen molar-refractivity contribution < 1.29 is 13.2 Å². The van der Waals surface area contributed by atoms with Crippen molar-refractivity contribution in [3.05, 3.63) is 17.2 Å². The molecule has 96 valence electrons. The Kier molecular flexibility index (Phi) is 2.93. The highest BCUT2D eigenvalue weighted by Crippen LogP contribution is 2.32. The maximum absolute atomic E-state index is 12.7. The van der Waals surface area contributed by atoms with E-state index in [4.69, 9.17) is 0 Å². The van der Waals surface area contributed by atoms with E-state index in [1.165, 1.54) is 4.57 Å². The Morgan fingerprint density at radius 1 is 1.24 bits per heavy atom. The molecule has 17 heavy (non-hydrogen) atoms. The minimum absolute atomic E-state index is 0.340. The zero-order valence-corrected chi connectivity index (χ0v) is 10.2. The molecule has 0 atom stereocenters. The molecule has 0 aromatic carbocycles. The van der Waals surface area contributed by atoms with Crippen LogP contribution in [0.1, 0.15) is 31.1 Å². The smallest absolute Gasteiger partial charge is 0.322 e. The number of alkyl halides is 3. The van der Waals surface area contributed by atoms with Gasteiger partial charge in [0.05, 0.1) is 11.4 Å². The maximum atomic E-state index is 12.7. The van der Waals surface area contributed by atoms with Crippen molar-refractivity contribution >= 4 is 0 Å². The normalized spacial score (nSPS) is 17.6. The summed E-state index contributed by atoms with van der Waals surface area (Å²) >= 11 is 0. The van der Waals surface area contributed by atoms with E-state index in [1.54, 1.807) is 6.92 Å². The summed E-state index contributed by atoms with van der Waals surface area (Å²) in [7, 11) is 0. The first kappa shape index (κ1) is 12.4. The Morgan fingerprint density at radius 2 is 1.88 bits per heavy atom. The molecule has 2 rings (SSSR count). The van der Waals surface area contributed by atoms with Crippen LogP contribution < -0.4 is 0 Å². The molecular weight excluding hydrogens is 231 g/mol. The van der Waals surface area contributed by atoms with E-state index in [-0.39, 0.29) is 0 Å². The van der Waals surface area contributed by atoms with Crippen LogP contribution in [0.5, 0.6) is 0 Å². The van der Waals surface area contributed by atoms with Crippen molar-refractivity contribution in [2.24, 2.45) is 0 Å². The van der Waals surface area contributed by atoms with Crippen LogP contribution in [0.3, 0.4) is 0 Å². The fourth-order valence-corrected chi connectivity index (χ4v) is 2.20. The molecule has 6 heteroatoms. The number of aryl methyl sites for hydroxylation is 1. The van der Waals surface area contributed by atoms with Gasteiger partial charge in [0, 0.05) is 25.7 Å². The first-order chi connectivity index (χ1) is 7.80. The number of aromatic nitrogens is 2. The third kappa shape index (κ3) is 2.18. The SMILES string of the molecule is Cc1nc(C(F)(F)F)n2c1CN(C(C)C)CC2. The number of imidazole rings is 1. The number of nitrogens with zero attached hydrogens (tertiary/aromatic N) is 3. The summed E-state index contributed by atoms with van der Waals surface area (Å²) in [4.78, 5) is 5.83. The quantitative estimate of drug-likeness (QED) is 0.760. The van der Waals surface area contributed by atoms with Gasteiger partial charge in [0.1, 0.15) is 0 Å². The average molecular weight is 247 g/mol. The largest absolute Gasteiger partial charge is 0.449 e. The molecule has 0 saturated heterocycles. The van der Waals surface area contributed by atoms with Crippen LogP contribution in [0, 0.1) is 6.92 Å². The van der Waals surface area contributed by atoms with Gasteiger partial charge in [0.15, 0.2) is 0 Å². The maximum Gasteiger partial charge on any atom is 0.449 e. The second kappa shape index (κ2) is 4.01. The van der Waals surface area contributed by atoms with Gasteiger partial charge in [-0.05, 0) is 20.8 Å². The van der Waals surface area contributed by atoms with Crippen molar-refractivity contribution in [1.82, 2.24) is 14.5 Å². The summed E-state index contributed by atoms with van der Waals surface area (Å²) in [6, 6.07) is 0.340. The van der Waals surface area contributed by atoms with E-state index in [2.05, 4.69) is 9.88 Å². The summed E-state index contributed by atoms with van der Waals surface area (Å²) < 4.78 is 39.6. The summed E-state index contributed by atoms with van der Waals surface area (Å²) in [6.45, 7) is 7.29. The third-order valence-electron chi connectivity index (χ3n) is 3.22. The molecule has 0 aliphatic carbocycles. The summed E-state index contributed by atoms with van der Waals surface area (Å²) in [6.07, 6.45) is -4.36. The number of fused-ring (bicyclic) bond motifs is 1. The van der Waals surface area contributed by atoms with Gasteiger partial charge >= 0.3 is 6.18 Å². The minimum Gasteiger partial charge on any atom is -0.322 e. The Balaban J connectivity index is 2.38. The number of hydrogen-bond donors (Lipinski definition) is 0. The van der Waals surface area contributed by atoms with Crippen LogP contribution in [0.2, 0.25) is 0 Å². The lowest BCUT2D eigenvalue weighted by Gasteiger charge is -2.32. The molecule has 2 heterocycles. The first-order valence-corrected chi connectivity index (χ1v) is 5.68. The van der Waals surface area contributed by atoms with Crippen LogP contribution in [0.15, 0.2) is 0 Å². The van der Waals surface area contributed by atoms with Gasteiger partial charge in [-0.25, -0.2) is 4.98 Å². The van der Waals surface area contributed by atoms with Gasteiger partial charge in [-0.2, -0.15) is 13.2 Å². The molecule has 0 spiro atoms. The molecule has 1 aromatic rings. The fourth-order valence-electron chi connectivity index (χ4n) is 2.20. The van der Waals surface area contributed by atoms with Crippen molar-refractivity contribution in [1.29, 1.82) is 0 Å². The van der Waals surface area contributed by atoms with Gasteiger partial charge in [0.25, 0.3) is 0 Å². The zero-order chi connectivity index (χ0) is 12.8. The molecule has 3 nitrogen and oxygen atoms in total. The van der Waals surface area contributed by atoms with Crippen LogP contribution in [-0.2, 0) is 19.3 Å². The fraction of sp³-hybridized carbons (Fsp3) is 0.727. The topological polar surface area (TPSA) is 21.1 Å². The second-order valence-corrected chi connectivity index (χ2v) is 4.68. The molecule has 1 aliphatic rings. The minimum atomic E-state index is -4.36. The van der Waals surface area contributed by atoms with Crippen LogP contribution in [0.4, 0.5) is 13.2 Å². The molecule has 0 N–H and O–H groups in total. The molecule has 0 bridgehead atoms. The van der Waals surface area contributed by atoms with Crippen molar-refractivity contribution in [2.75, 3.05) is 6.54 Å². The lowest BCUT2D eigenvalue weighted by molar-refractivity contribution is -0.147. The van der Waals surface area contributed by atoms with Crippen LogP contribution >= 0.6 is 0 Å². The average Bonchev–Trinajstić information content (AvgIpc) is 2.55. The Hall–Kier alpha value is -1.04. The predicted molar refractivity (Wildman–Crippen MR) is 57.5 cm³/mol.